The molecule has 4 bridgehead atoms. The monoisotopic (exact) mass is 422 g/mol. The van der Waals surface area contributed by atoms with E-state index in [9.17, 15) is 28.2 Å². The van der Waals surface area contributed by atoms with Crippen molar-refractivity contribution in [2.45, 2.75) is 63.5 Å². The van der Waals surface area contributed by atoms with Crippen molar-refractivity contribution in [3.63, 3.8) is 0 Å². The smallest absolute Gasteiger partial charge is 0.404 e. The SMILES string of the molecule is CC(C)(C(=O)OC12CC3CC(C1)C1(OCC(CO)(CO)CO1)C(C3)C2)C(F)(F)F. The van der Waals surface area contributed by atoms with Gasteiger partial charge in [-0.05, 0) is 51.9 Å². The molecule has 0 radical (unpaired) electrons. The van der Waals surface area contributed by atoms with E-state index < -0.39 is 34.4 Å². The second kappa shape index (κ2) is 6.55. The number of carbonyl (C=O) groups excluding carboxylic acids is 1. The number of esters is 1. The van der Waals surface area contributed by atoms with Gasteiger partial charge in [-0.1, -0.05) is 0 Å². The molecule has 1 saturated heterocycles. The maximum atomic E-state index is 13.3. The lowest BCUT2D eigenvalue weighted by Gasteiger charge is -2.65. The van der Waals surface area contributed by atoms with Crippen LogP contribution in [0.3, 0.4) is 0 Å². The number of aliphatic hydroxyl groups excluding tert-OH is 2. The predicted molar refractivity (Wildman–Crippen MR) is 93.5 cm³/mol. The average Bonchev–Trinajstić information content (AvgIpc) is 2.65. The summed E-state index contributed by atoms with van der Waals surface area (Å²) in [5.41, 5.74) is -4.31. The van der Waals surface area contributed by atoms with Crippen LogP contribution < -0.4 is 0 Å². The molecule has 2 unspecified atom stereocenters. The van der Waals surface area contributed by atoms with Gasteiger partial charge in [-0.2, -0.15) is 13.2 Å². The first-order valence-corrected chi connectivity index (χ1v) is 10.2. The molecule has 2 N–H and O–H groups in total. The minimum Gasteiger partial charge on any atom is -0.458 e. The van der Waals surface area contributed by atoms with E-state index >= 15 is 0 Å². The van der Waals surface area contributed by atoms with Gasteiger partial charge in [-0.3, -0.25) is 4.79 Å². The van der Waals surface area contributed by atoms with Crippen molar-refractivity contribution < 1.29 is 42.4 Å². The maximum absolute atomic E-state index is 13.3. The van der Waals surface area contributed by atoms with Gasteiger partial charge in [-0.15, -0.1) is 0 Å². The molecule has 5 fully saturated rings. The normalized spacial score (nSPS) is 37.7. The maximum Gasteiger partial charge on any atom is 0.404 e. The minimum absolute atomic E-state index is 0.0917. The number of halogens is 3. The number of carbonyl (C=O) groups is 1. The fraction of sp³-hybridized carbons (Fsp3) is 0.950. The van der Waals surface area contributed by atoms with Gasteiger partial charge < -0.3 is 24.4 Å². The van der Waals surface area contributed by atoms with Crippen LogP contribution in [0, 0.1) is 28.6 Å². The van der Waals surface area contributed by atoms with Crippen LogP contribution in [-0.2, 0) is 19.0 Å². The molecule has 1 aliphatic heterocycles. The fourth-order valence-corrected chi connectivity index (χ4v) is 5.74. The van der Waals surface area contributed by atoms with Crippen LogP contribution in [0.2, 0.25) is 0 Å². The Morgan fingerprint density at radius 2 is 1.55 bits per heavy atom. The van der Waals surface area contributed by atoms with E-state index in [-0.39, 0.29) is 44.2 Å². The fourth-order valence-electron chi connectivity index (χ4n) is 5.74. The molecule has 6 nitrogen and oxygen atoms in total. The van der Waals surface area contributed by atoms with Gasteiger partial charge in [0.05, 0.1) is 31.8 Å². The third-order valence-electron chi connectivity index (χ3n) is 7.68. The van der Waals surface area contributed by atoms with E-state index in [1.165, 1.54) is 0 Å². The summed E-state index contributed by atoms with van der Waals surface area (Å²) in [4.78, 5) is 12.5. The standard InChI is InChI=1S/C20H29F3O6/c1-16(2,20(21,22)23)15(26)29-18-5-12-3-13(6-18)19(14(4-12)7-18)27-10-17(8-24,9-25)11-28-19/h12-14,24-25H,3-11H2,1-2H3. The van der Waals surface area contributed by atoms with Gasteiger partial charge in [0.25, 0.3) is 0 Å². The van der Waals surface area contributed by atoms with E-state index in [1.54, 1.807) is 0 Å². The van der Waals surface area contributed by atoms with Crippen molar-refractivity contribution >= 4 is 5.97 Å². The second-order valence-corrected chi connectivity index (χ2v) is 10.2. The number of rotatable bonds is 4. The molecule has 29 heavy (non-hydrogen) atoms. The highest BCUT2D eigenvalue weighted by molar-refractivity contribution is 5.77. The van der Waals surface area contributed by atoms with Crippen molar-refractivity contribution in [1.82, 2.24) is 0 Å². The highest BCUT2D eigenvalue weighted by Crippen LogP contribution is 2.64. The minimum atomic E-state index is -4.68. The van der Waals surface area contributed by atoms with Crippen molar-refractivity contribution in [1.29, 1.82) is 0 Å². The highest BCUT2D eigenvalue weighted by Gasteiger charge is 2.68. The molecule has 0 amide bonds. The van der Waals surface area contributed by atoms with E-state index in [4.69, 9.17) is 14.2 Å². The zero-order chi connectivity index (χ0) is 21.3. The number of alkyl halides is 3. The Hall–Kier alpha value is -0.900. The molecule has 5 aliphatic rings. The van der Waals surface area contributed by atoms with Crippen molar-refractivity contribution in [3.05, 3.63) is 0 Å². The molecule has 4 saturated carbocycles. The first-order valence-electron chi connectivity index (χ1n) is 10.2. The van der Waals surface area contributed by atoms with Crippen LogP contribution in [-0.4, -0.2) is 60.2 Å². The van der Waals surface area contributed by atoms with Crippen LogP contribution in [0.1, 0.15) is 46.0 Å². The molecular weight excluding hydrogens is 393 g/mol. The third-order valence-corrected chi connectivity index (χ3v) is 7.68. The molecule has 9 heteroatoms. The first-order chi connectivity index (χ1) is 13.4. The Bertz CT molecular complexity index is 644. The summed E-state index contributed by atoms with van der Waals surface area (Å²) in [6, 6.07) is 0. The third kappa shape index (κ3) is 3.11. The Morgan fingerprint density at radius 3 is 2.00 bits per heavy atom. The topological polar surface area (TPSA) is 85.2 Å². The van der Waals surface area contributed by atoms with E-state index in [2.05, 4.69) is 0 Å². The van der Waals surface area contributed by atoms with E-state index in [0.29, 0.717) is 19.3 Å². The summed E-state index contributed by atoms with van der Waals surface area (Å²) >= 11 is 0. The lowest BCUT2D eigenvalue weighted by Crippen LogP contribution is -2.69. The summed E-state index contributed by atoms with van der Waals surface area (Å²) in [5, 5.41) is 19.2. The van der Waals surface area contributed by atoms with Gasteiger partial charge in [0.1, 0.15) is 5.60 Å². The van der Waals surface area contributed by atoms with E-state index in [1.807, 2.05) is 0 Å². The quantitative estimate of drug-likeness (QED) is 0.677. The van der Waals surface area contributed by atoms with Crippen molar-refractivity contribution in [3.8, 4) is 0 Å². The summed E-state index contributed by atoms with van der Waals surface area (Å²) in [7, 11) is 0. The zero-order valence-corrected chi connectivity index (χ0v) is 16.8. The van der Waals surface area contributed by atoms with Gasteiger partial charge in [0.15, 0.2) is 11.2 Å². The lowest BCUT2D eigenvalue weighted by atomic mass is 9.51. The lowest BCUT2D eigenvalue weighted by molar-refractivity contribution is -0.397. The second-order valence-electron chi connectivity index (χ2n) is 10.2. The Labute approximate surface area is 167 Å². The molecule has 5 rings (SSSR count). The summed E-state index contributed by atoms with van der Waals surface area (Å²) in [6.07, 6.45) is -1.67. The number of hydrogen-bond donors (Lipinski definition) is 2. The highest BCUT2D eigenvalue weighted by atomic mass is 19.4. The predicted octanol–water partition coefficient (Wildman–Crippen LogP) is 2.41. The van der Waals surface area contributed by atoms with Crippen LogP contribution >= 0.6 is 0 Å². The molecule has 1 heterocycles. The molecular formula is C20H29F3O6. The largest absolute Gasteiger partial charge is 0.458 e. The Balaban J connectivity index is 1.53. The number of hydrogen-bond acceptors (Lipinski definition) is 6. The molecule has 0 aromatic rings. The molecule has 0 aromatic carbocycles. The summed E-state index contributed by atoms with van der Waals surface area (Å²) in [6.45, 7) is 1.51. The molecule has 2 atom stereocenters. The van der Waals surface area contributed by atoms with Crippen molar-refractivity contribution in [2.24, 2.45) is 28.6 Å². The van der Waals surface area contributed by atoms with Crippen LogP contribution in [0.25, 0.3) is 0 Å². The summed E-state index contributed by atoms with van der Waals surface area (Å²) in [5.74, 6) is -2.03. The molecule has 0 aromatic heterocycles. The molecule has 166 valence electrons. The molecule has 1 spiro atoms. The first kappa shape index (κ1) is 21.3. The molecule has 4 aliphatic carbocycles. The Kier molecular flexibility index (Phi) is 4.82. The van der Waals surface area contributed by atoms with Crippen LogP contribution in [0.5, 0.6) is 0 Å². The zero-order valence-electron chi connectivity index (χ0n) is 16.8. The van der Waals surface area contributed by atoms with Gasteiger partial charge in [0.2, 0.25) is 0 Å². The number of aliphatic hydroxyl groups is 2. The van der Waals surface area contributed by atoms with Gasteiger partial charge in [-0.25, -0.2) is 0 Å². The number of ether oxygens (including phenoxy) is 3. The van der Waals surface area contributed by atoms with Crippen LogP contribution in [0.4, 0.5) is 13.2 Å². The summed E-state index contributed by atoms with van der Waals surface area (Å²) < 4.78 is 57.8. The van der Waals surface area contributed by atoms with Gasteiger partial charge >= 0.3 is 12.1 Å². The van der Waals surface area contributed by atoms with Crippen molar-refractivity contribution in [2.75, 3.05) is 26.4 Å². The average molecular weight is 422 g/mol. The van der Waals surface area contributed by atoms with Crippen LogP contribution in [0.15, 0.2) is 0 Å². The van der Waals surface area contributed by atoms with E-state index in [0.717, 1.165) is 26.7 Å². The van der Waals surface area contributed by atoms with Gasteiger partial charge in [0, 0.05) is 11.8 Å². The Morgan fingerprint density at radius 1 is 1.03 bits per heavy atom.